The van der Waals surface area contributed by atoms with Gasteiger partial charge in [0.25, 0.3) is 0 Å². The number of hydrogen-bond donors (Lipinski definition) is 0. The second kappa shape index (κ2) is 11.4. The van der Waals surface area contributed by atoms with Crippen LogP contribution in [0.3, 0.4) is 0 Å². The molecular weight excluding hydrogens is 558 g/mol. The average Bonchev–Trinajstić information content (AvgIpc) is 3.14. The van der Waals surface area contributed by atoms with Crippen LogP contribution >= 0.6 is 0 Å². The first-order chi connectivity index (χ1) is 15.6. The Hall–Kier alpha value is -1.66. The minimum atomic E-state index is 0. The Kier molecular flexibility index (Phi) is 9.67. The first-order valence-electron chi connectivity index (χ1n) is 12.0. The molecule has 0 fully saturated rings. The van der Waals surface area contributed by atoms with Crippen molar-refractivity contribution >= 4 is 0 Å². The van der Waals surface area contributed by atoms with Crippen molar-refractivity contribution in [2.45, 2.75) is 58.8 Å². The van der Waals surface area contributed by atoms with Crippen LogP contribution in [0.1, 0.15) is 63.8 Å². The van der Waals surface area contributed by atoms with Gasteiger partial charge in [0.1, 0.15) is 0 Å². The van der Waals surface area contributed by atoms with Gasteiger partial charge in [-0.25, -0.2) is 0 Å². The molecule has 0 bridgehead atoms. The van der Waals surface area contributed by atoms with Gasteiger partial charge in [0.05, 0.1) is 0 Å². The zero-order valence-corrected chi connectivity index (χ0v) is 25.9. The molecule has 1 aliphatic rings. The Morgan fingerprint density at radius 3 is 1.61 bits per heavy atom. The predicted octanol–water partition coefficient (Wildman–Crippen LogP) is 2.99. The molecule has 4 aromatic rings. The second-order valence-corrected chi connectivity index (χ2v) is 11.4. The summed E-state index contributed by atoms with van der Waals surface area (Å²) in [6.07, 6.45) is 0.944. The molecule has 0 aliphatic heterocycles. The maximum atomic E-state index is 3.88. The monoisotopic (exact) mass is 589 g/mol. The smallest absolute Gasteiger partial charge is 1.00 e. The molecule has 0 amide bonds. The van der Waals surface area contributed by atoms with E-state index in [1.807, 2.05) is 0 Å². The molecule has 0 saturated carbocycles. The van der Waals surface area contributed by atoms with E-state index in [4.69, 9.17) is 0 Å². The summed E-state index contributed by atoms with van der Waals surface area (Å²) >= 11 is 0. The minimum Gasteiger partial charge on any atom is -1.00 e. The molecule has 1 radical (unpaired) electrons. The summed E-state index contributed by atoms with van der Waals surface area (Å²) in [7, 11) is 0. The van der Waals surface area contributed by atoms with E-state index < -0.39 is 0 Å². The quantitative estimate of drug-likeness (QED) is 0.277. The summed E-state index contributed by atoms with van der Waals surface area (Å²) in [6, 6.07) is 32.8. The van der Waals surface area contributed by atoms with E-state index in [2.05, 4.69) is 126 Å². The van der Waals surface area contributed by atoms with Gasteiger partial charge in [-0.15, -0.1) is 28.8 Å². The van der Waals surface area contributed by atoms with Gasteiger partial charge < -0.3 is 24.8 Å². The third-order valence-corrected chi connectivity index (χ3v) is 6.82. The van der Waals surface area contributed by atoms with Crippen LogP contribution in [-0.4, -0.2) is 0 Å². The Morgan fingerprint density at radius 2 is 1.08 bits per heavy atom. The topological polar surface area (TPSA) is 0 Å². The summed E-state index contributed by atoms with van der Waals surface area (Å²) in [5, 5.41) is 0. The normalized spacial score (nSPS) is 11.9. The third-order valence-electron chi connectivity index (χ3n) is 6.82. The van der Waals surface area contributed by atoms with Gasteiger partial charge in [-0.2, -0.15) is 0 Å². The Balaban J connectivity index is 0.00000152. The number of hydrogen-bond acceptors (Lipinski definition) is 0. The van der Waals surface area contributed by atoms with Crippen LogP contribution in [0, 0.1) is 6.07 Å². The van der Waals surface area contributed by atoms with Crippen molar-refractivity contribution < 1.29 is 51.0 Å². The Bertz CT molecular complexity index is 1220. The van der Waals surface area contributed by atoms with Crippen LogP contribution in [0.15, 0.2) is 78.9 Å². The maximum Gasteiger partial charge on any atom is 3.00 e. The molecule has 0 aromatic heterocycles. The van der Waals surface area contributed by atoms with Gasteiger partial charge in [0.2, 0.25) is 0 Å². The number of benzene rings is 4. The Morgan fingerprint density at radius 1 is 0.583 bits per heavy atom. The fraction of sp³-hybridized carbons (Fsp3) is 0.273. The molecule has 36 heavy (non-hydrogen) atoms. The number of halogens is 2. The molecule has 0 heterocycles. The second-order valence-electron chi connectivity index (χ2n) is 11.4. The van der Waals surface area contributed by atoms with Crippen LogP contribution in [0.25, 0.3) is 33.4 Å². The molecule has 5 rings (SSSR count). The summed E-state index contributed by atoms with van der Waals surface area (Å²) in [5.74, 6) is 0. The molecule has 183 valence electrons. The van der Waals surface area contributed by atoms with Crippen molar-refractivity contribution in [2.75, 3.05) is 0 Å². The fourth-order valence-corrected chi connectivity index (χ4v) is 5.10. The maximum absolute atomic E-state index is 3.88. The summed E-state index contributed by atoms with van der Waals surface area (Å²) in [6.45, 7) is 13.9. The van der Waals surface area contributed by atoms with Crippen molar-refractivity contribution in [3.63, 3.8) is 0 Å². The molecule has 0 unspecified atom stereocenters. The molecule has 0 nitrogen and oxygen atoms in total. The van der Waals surface area contributed by atoms with Crippen LogP contribution in [0.2, 0.25) is 0 Å². The fourth-order valence-electron chi connectivity index (χ4n) is 5.10. The number of fused-ring (bicyclic) bond motifs is 3. The van der Waals surface area contributed by atoms with Crippen molar-refractivity contribution in [3.8, 4) is 33.4 Å². The van der Waals surface area contributed by atoms with Crippen LogP contribution < -0.4 is 24.8 Å². The van der Waals surface area contributed by atoms with Crippen molar-refractivity contribution in [3.05, 3.63) is 107 Å². The molecule has 0 saturated heterocycles. The predicted molar refractivity (Wildman–Crippen MR) is 142 cm³/mol. The van der Waals surface area contributed by atoms with E-state index in [-0.39, 0.29) is 61.8 Å². The van der Waals surface area contributed by atoms with Gasteiger partial charge in [-0.1, -0.05) is 131 Å². The van der Waals surface area contributed by atoms with Crippen molar-refractivity contribution in [1.82, 2.24) is 0 Å². The standard InChI is InChI=1S/C33H33.2ClH.Zr/c1-32(2,3)30-20-26-24(18-28(30)22-13-9-7-10-14-22)17-25-19-29(23-15-11-8-12-16-23)31(21-27(25)26)33(4,5)6;;;/h7-16,18,20-21H,17H2,1-6H3;2*1H;/q-1;;;+3/p-2. The van der Waals surface area contributed by atoms with E-state index >= 15 is 0 Å². The van der Waals surface area contributed by atoms with Crippen LogP contribution in [-0.2, 0) is 43.5 Å². The van der Waals surface area contributed by atoms with Crippen LogP contribution in [0.4, 0.5) is 0 Å². The van der Waals surface area contributed by atoms with Gasteiger partial charge in [-0.3, -0.25) is 0 Å². The first-order valence-corrected chi connectivity index (χ1v) is 12.0. The van der Waals surface area contributed by atoms with Gasteiger partial charge in [0.15, 0.2) is 0 Å². The van der Waals surface area contributed by atoms with E-state index in [1.165, 1.54) is 55.6 Å². The first kappa shape index (κ1) is 30.6. The molecular formula is C33H33Cl2Zr. The van der Waals surface area contributed by atoms with E-state index in [1.54, 1.807) is 0 Å². The summed E-state index contributed by atoms with van der Waals surface area (Å²) in [4.78, 5) is 0. The van der Waals surface area contributed by atoms with Gasteiger partial charge >= 0.3 is 26.2 Å². The molecule has 0 spiro atoms. The molecule has 0 atom stereocenters. The van der Waals surface area contributed by atoms with Crippen LogP contribution in [0.5, 0.6) is 0 Å². The third kappa shape index (κ3) is 5.75. The summed E-state index contributed by atoms with van der Waals surface area (Å²) in [5.41, 5.74) is 13.5. The van der Waals surface area contributed by atoms with E-state index in [0.29, 0.717) is 0 Å². The Labute approximate surface area is 248 Å². The van der Waals surface area contributed by atoms with Gasteiger partial charge in [0, 0.05) is 0 Å². The largest absolute Gasteiger partial charge is 3.00 e. The molecule has 1 aliphatic carbocycles. The zero-order chi connectivity index (χ0) is 23.4. The summed E-state index contributed by atoms with van der Waals surface area (Å²) < 4.78 is 0. The minimum absolute atomic E-state index is 0. The molecule has 3 heteroatoms. The van der Waals surface area contributed by atoms with Crippen molar-refractivity contribution in [2.24, 2.45) is 0 Å². The van der Waals surface area contributed by atoms with E-state index in [9.17, 15) is 0 Å². The molecule has 4 aromatic carbocycles. The van der Waals surface area contributed by atoms with Gasteiger partial charge in [-0.05, 0) is 39.5 Å². The van der Waals surface area contributed by atoms with Crippen molar-refractivity contribution in [1.29, 1.82) is 0 Å². The zero-order valence-electron chi connectivity index (χ0n) is 22.0. The number of rotatable bonds is 2. The average molecular weight is 592 g/mol. The van der Waals surface area contributed by atoms with E-state index in [0.717, 1.165) is 6.42 Å². The SMILES string of the molecule is CC(C)(C)c1cc2c([c-]c1-c1ccccc1)Cc1cc(-c3ccccc3)c(C(C)(C)C)cc1-2.[Cl-].[Cl-].[Zr+3]. The molecule has 0 N–H and O–H groups in total.